The molecule has 2 amide bonds. The topological polar surface area (TPSA) is 96.4 Å². The van der Waals surface area contributed by atoms with E-state index in [1.54, 1.807) is 21.9 Å². The monoisotopic (exact) mass is 544 g/mol. The van der Waals surface area contributed by atoms with Crippen LogP contribution in [0.5, 0.6) is 0 Å². The fourth-order valence-corrected chi connectivity index (χ4v) is 7.08. The highest BCUT2D eigenvalue weighted by molar-refractivity contribution is 6.34. The van der Waals surface area contributed by atoms with Gasteiger partial charge < -0.3 is 24.4 Å². The van der Waals surface area contributed by atoms with Crippen molar-refractivity contribution in [3.05, 3.63) is 54.1 Å². The number of rotatable bonds is 12. The number of aryl methyl sites for hydroxylation is 1. The number of carbonyl (C=O) groups is 3. The maximum Gasteiger partial charge on any atom is 0.313 e. The van der Waals surface area contributed by atoms with E-state index in [0.717, 1.165) is 5.56 Å². The average Bonchev–Trinajstić information content (AvgIpc) is 3.50. The van der Waals surface area contributed by atoms with Crippen LogP contribution in [-0.2, 0) is 23.9 Å². The molecule has 206 valence electrons. The van der Waals surface area contributed by atoms with Crippen LogP contribution in [0.25, 0.3) is 0 Å². The Kier molecular flexibility index (Phi) is 8.35. The van der Waals surface area contributed by atoms with Gasteiger partial charge in [-0.15, -0.1) is 6.58 Å². The molecular formula is C29H37ClN2O6. The van der Waals surface area contributed by atoms with Crippen LogP contribution in [0.1, 0.15) is 44.6 Å². The third-order valence-electron chi connectivity index (χ3n) is 8.36. The SMILES string of the molecule is C=CCOC(=O)[C@@H]1[C@H]2C(=O)N(CCCCO)C(C(=O)N(CC=C)c3c(C)cccc3Cl)C23CC[C@@]1(CC)O3. The molecule has 2 unspecified atom stereocenters. The summed E-state index contributed by atoms with van der Waals surface area (Å²) in [4.78, 5) is 45.2. The van der Waals surface area contributed by atoms with Gasteiger partial charge in [0.05, 0.1) is 22.2 Å². The summed E-state index contributed by atoms with van der Waals surface area (Å²) in [5.41, 5.74) is -0.680. The molecule has 9 heteroatoms. The number of hydrogen-bond acceptors (Lipinski definition) is 6. The molecule has 0 aliphatic carbocycles. The lowest BCUT2D eigenvalue weighted by molar-refractivity contribution is -0.159. The first kappa shape index (κ1) is 28.3. The number of aliphatic hydroxyl groups excluding tert-OH is 1. The van der Waals surface area contributed by atoms with E-state index in [9.17, 15) is 19.5 Å². The van der Waals surface area contributed by atoms with Crippen LogP contribution in [0.15, 0.2) is 43.5 Å². The Morgan fingerprint density at radius 1 is 1.29 bits per heavy atom. The van der Waals surface area contributed by atoms with Crippen LogP contribution in [-0.4, -0.2) is 71.3 Å². The molecule has 0 aromatic heterocycles. The number of carbonyl (C=O) groups excluding carboxylic acids is 3. The van der Waals surface area contributed by atoms with Gasteiger partial charge in [-0.1, -0.05) is 49.4 Å². The van der Waals surface area contributed by atoms with E-state index in [1.165, 1.54) is 6.08 Å². The zero-order valence-electron chi connectivity index (χ0n) is 22.2. The number of benzene rings is 1. The summed E-state index contributed by atoms with van der Waals surface area (Å²) in [6.07, 6.45) is 5.62. The first-order valence-corrected chi connectivity index (χ1v) is 13.7. The average molecular weight is 545 g/mol. The van der Waals surface area contributed by atoms with Crippen LogP contribution >= 0.6 is 11.6 Å². The van der Waals surface area contributed by atoms with Crippen molar-refractivity contribution in [1.82, 2.24) is 4.90 Å². The first-order valence-electron chi connectivity index (χ1n) is 13.3. The molecule has 1 aromatic rings. The molecule has 0 radical (unpaired) electrons. The second kappa shape index (κ2) is 11.2. The number of hydrogen-bond donors (Lipinski definition) is 1. The number of esters is 1. The highest BCUT2D eigenvalue weighted by Gasteiger charge is 2.79. The number of aliphatic hydroxyl groups is 1. The molecule has 8 nitrogen and oxygen atoms in total. The molecular weight excluding hydrogens is 508 g/mol. The Morgan fingerprint density at radius 2 is 2.05 bits per heavy atom. The van der Waals surface area contributed by atoms with Crippen molar-refractivity contribution in [3.8, 4) is 0 Å². The molecule has 3 saturated heterocycles. The van der Waals surface area contributed by atoms with E-state index in [-0.39, 0.29) is 38.1 Å². The van der Waals surface area contributed by atoms with E-state index in [0.29, 0.717) is 42.8 Å². The molecule has 5 atom stereocenters. The number of para-hydroxylation sites is 1. The van der Waals surface area contributed by atoms with Gasteiger partial charge in [-0.05, 0) is 50.7 Å². The highest BCUT2D eigenvalue weighted by atomic mass is 35.5. The van der Waals surface area contributed by atoms with Crippen LogP contribution < -0.4 is 4.90 Å². The third-order valence-corrected chi connectivity index (χ3v) is 8.66. The number of anilines is 1. The third kappa shape index (κ3) is 4.36. The smallest absolute Gasteiger partial charge is 0.313 e. The lowest BCUT2D eigenvalue weighted by Crippen LogP contribution is -2.56. The molecule has 3 aliphatic rings. The standard InChI is InChI=1S/C29H37ClN2O6/c1-5-15-31(23-19(4)11-10-12-20(23)30)26(35)24-29-14-13-28(7-3,38-29)22(27(36)37-18-6-2)21(29)25(34)32(24)16-8-9-17-33/h5-6,10-12,21-22,24,33H,1-2,7-9,13-18H2,3-4H3/t21-,22-,24?,28+,29?/m0/s1. The molecule has 38 heavy (non-hydrogen) atoms. The summed E-state index contributed by atoms with van der Waals surface area (Å²) in [5.74, 6) is -2.77. The number of nitrogens with zero attached hydrogens (tertiary/aromatic N) is 2. The number of unbranched alkanes of at least 4 members (excludes halogenated alkanes) is 1. The van der Waals surface area contributed by atoms with Gasteiger partial charge in [-0.2, -0.15) is 0 Å². The lowest BCUT2D eigenvalue weighted by Gasteiger charge is -2.37. The van der Waals surface area contributed by atoms with Crippen molar-refractivity contribution in [2.24, 2.45) is 11.8 Å². The number of amides is 2. The zero-order chi connectivity index (χ0) is 27.7. The van der Waals surface area contributed by atoms with E-state index in [4.69, 9.17) is 21.1 Å². The summed E-state index contributed by atoms with van der Waals surface area (Å²) in [7, 11) is 0. The van der Waals surface area contributed by atoms with E-state index in [1.807, 2.05) is 26.0 Å². The molecule has 3 fully saturated rings. The van der Waals surface area contributed by atoms with Crippen LogP contribution in [0.2, 0.25) is 5.02 Å². The molecule has 0 saturated carbocycles. The molecule has 1 N–H and O–H groups in total. The van der Waals surface area contributed by atoms with Crippen molar-refractivity contribution >= 4 is 35.1 Å². The molecule has 1 aromatic carbocycles. The Labute approximate surface area is 229 Å². The summed E-state index contributed by atoms with van der Waals surface area (Å²) in [5, 5.41) is 9.79. The summed E-state index contributed by atoms with van der Waals surface area (Å²) in [6, 6.07) is 4.46. The van der Waals surface area contributed by atoms with E-state index in [2.05, 4.69) is 13.2 Å². The van der Waals surface area contributed by atoms with Gasteiger partial charge in [0.2, 0.25) is 5.91 Å². The second-order valence-corrected chi connectivity index (χ2v) is 10.8. The summed E-state index contributed by atoms with van der Waals surface area (Å²) < 4.78 is 12.2. The molecule has 4 rings (SSSR count). The van der Waals surface area contributed by atoms with Gasteiger partial charge in [-0.3, -0.25) is 14.4 Å². The fraction of sp³-hybridized carbons (Fsp3) is 0.552. The second-order valence-electron chi connectivity index (χ2n) is 10.4. The number of likely N-dealkylation sites (tertiary alicyclic amines) is 1. The maximum atomic E-state index is 14.6. The largest absolute Gasteiger partial charge is 0.461 e. The Hall–Kier alpha value is -2.68. The van der Waals surface area contributed by atoms with Gasteiger partial charge in [0.25, 0.3) is 5.91 Å². The van der Waals surface area contributed by atoms with Crippen molar-refractivity contribution < 1.29 is 29.0 Å². The molecule has 3 aliphatic heterocycles. The van der Waals surface area contributed by atoms with Gasteiger partial charge in [0, 0.05) is 19.7 Å². The van der Waals surface area contributed by atoms with Crippen LogP contribution in [0, 0.1) is 18.8 Å². The van der Waals surface area contributed by atoms with Gasteiger partial charge in [0.15, 0.2) is 0 Å². The van der Waals surface area contributed by atoms with Crippen LogP contribution in [0.4, 0.5) is 5.69 Å². The lowest BCUT2D eigenvalue weighted by atomic mass is 9.65. The Bertz CT molecular complexity index is 1100. The Morgan fingerprint density at radius 3 is 2.68 bits per heavy atom. The minimum Gasteiger partial charge on any atom is -0.461 e. The predicted octanol–water partition coefficient (Wildman–Crippen LogP) is 3.82. The first-order chi connectivity index (χ1) is 18.2. The normalized spacial score (nSPS) is 29.3. The van der Waals surface area contributed by atoms with Crippen molar-refractivity contribution in [2.75, 3.05) is 31.2 Å². The molecule has 1 spiro atoms. The molecule has 2 bridgehead atoms. The molecule has 3 heterocycles. The van der Waals surface area contributed by atoms with Crippen molar-refractivity contribution in [2.45, 2.75) is 63.2 Å². The summed E-state index contributed by atoms with van der Waals surface area (Å²) >= 11 is 6.59. The van der Waals surface area contributed by atoms with E-state index >= 15 is 0 Å². The van der Waals surface area contributed by atoms with E-state index < -0.39 is 35.0 Å². The van der Waals surface area contributed by atoms with Crippen molar-refractivity contribution in [3.63, 3.8) is 0 Å². The van der Waals surface area contributed by atoms with Crippen LogP contribution in [0.3, 0.4) is 0 Å². The van der Waals surface area contributed by atoms with Crippen molar-refractivity contribution in [1.29, 1.82) is 0 Å². The Balaban J connectivity index is 1.82. The zero-order valence-corrected chi connectivity index (χ0v) is 22.9. The van der Waals surface area contributed by atoms with Gasteiger partial charge >= 0.3 is 5.97 Å². The fourth-order valence-electron chi connectivity index (χ4n) is 6.75. The number of fused-ring (bicyclic) bond motifs is 1. The number of halogens is 1. The highest BCUT2D eigenvalue weighted by Crippen LogP contribution is 2.64. The minimum absolute atomic E-state index is 0.0252. The number of ether oxygens (including phenoxy) is 2. The summed E-state index contributed by atoms with van der Waals surface area (Å²) in [6.45, 7) is 11.7. The van der Waals surface area contributed by atoms with Gasteiger partial charge in [0.1, 0.15) is 24.2 Å². The quantitative estimate of drug-likeness (QED) is 0.244. The minimum atomic E-state index is -1.17. The van der Waals surface area contributed by atoms with Gasteiger partial charge in [-0.25, -0.2) is 0 Å². The maximum absolute atomic E-state index is 14.6. The predicted molar refractivity (Wildman–Crippen MR) is 145 cm³/mol.